The van der Waals surface area contributed by atoms with Crippen molar-refractivity contribution < 1.29 is 14.7 Å². The van der Waals surface area contributed by atoms with Crippen LogP contribution in [0.5, 0.6) is 0 Å². The molecule has 0 saturated heterocycles. The van der Waals surface area contributed by atoms with Crippen LogP contribution < -0.4 is 11.1 Å². The van der Waals surface area contributed by atoms with E-state index < -0.39 is 5.97 Å². The maximum absolute atomic E-state index is 12.7. The van der Waals surface area contributed by atoms with Crippen LogP contribution in [-0.4, -0.2) is 31.5 Å². The number of imidazole rings is 1. The van der Waals surface area contributed by atoms with Crippen molar-refractivity contribution in [3.63, 3.8) is 0 Å². The van der Waals surface area contributed by atoms with E-state index in [0.29, 0.717) is 29.3 Å². The average Bonchev–Trinajstić information content (AvgIpc) is 3.39. The third-order valence-corrected chi connectivity index (χ3v) is 7.03. The number of carboxylic acids is 1. The third-order valence-electron chi connectivity index (χ3n) is 7.03. The number of carboxylic acid groups (broad SMARTS) is 1. The van der Waals surface area contributed by atoms with Crippen LogP contribution in [-0.2, 0) is 17.8 Å². The smallest absolute Gasteiger partial charge is 0.307 e. The number of aliphatic carboxylic acids is 1. The Labute approximate surface area is 242 Å². The number of anilines is 1. The predicted molar refractivity (Wildman–Crippen MR) is 163 cm³/mol. The van der Waals surface area contributed by atoms with E-state index in [1.807, 2.05) is 60.7 Å². The molecule has 0 radical (unpaired) electrons. The van der Waals surface area contributed by atoms with E-state index in [1.165, 1.54) is 0 Å². The van der Waals surface area contributed by atoms with Gasteiger partial charge in [-0.2, -0.15) is 0 Å². The first-order valence-electron chi connectivity index (χ1n) is 13.4. The molecule has 1 amide bonds. The number of benzene rings is 4. The van der Waals surface area contributed by atoms with Crippen LogP contribution in [0.4, 0.5) is 5.82 Å². The van der Waals surface area contributed by atoms with Crippen LogP contribution in [0.1, 0.15) is 21.5 Å². The van der Waals surface area contributed by atoms with E-state index in [0.717, 1.165) is 39.0 Å². The minimum atomic E-state index is -0.941. The number of amides is 1. The first-order valence-corrected chi connectivity index (χ1v) is 13.4. The van der Waals surface area contributed by atoms with Crippen molar-refractivity contribution in [2.24, 2.45) is 0 Å². The molecule has 8 nitrogen and oxygen atoms in total. The standard InChI is InChI=1S/C34H27N5O3/c35-32-28(10-5-17-36-32)33-38-29-16-13-25(24-7-2-1-3-8-24)20-30(29)39(33)27-14-11-22(12-15-27)21-37-34(42)26-9-4-6-23(18-26)19-31(40)41/h1-18,20H,19,21H2,(H2,35,36)(H,37,42)(H,40,41). The number of hydrogen-bond donors (Lipinski definition) is 3. The Morgan fingerprint density at radius 2 is 1.62 bits per heavy atom. The van der Waals surface area contributed by atoms with E-state index in [9.17, 15) is 9.59 Å². The lowest BCUT2D eigenvalue weighted by Gasteiger charge is -2.12. The van der Waals surface area contributed by atoms with Gasteiger partial charge in [-0.3, -0.25) is 14.2 Å². The number of carbonyl (C=O) groups excluding carboxylic acids is 1. The number of nitrogens with zero attached hydrogens (tertiary/aromatic N) is 3. The van der Waals surface area contributed by atoms with Crippen LogP contribution in [0.3, 0.4) is 0 Å². The Morgan fingerprint density at radius 3 is 2.38 bits per heavy atom. The number of nitrogens with two attached hydrogens (primary N) is 1. The molecule has 0 aliphatic rings. The molecule has 0 fully saturated rings. The molecule has 206 valence electrons. The SMILES string of the molecule is Nc1ncccc1-c1nc2ccc(-c3ccccc3)cc2n1-c1ccc(CNC(=O)c2cccc(CC(=O)O)c2)cc1. The zero-order valence-electron chi connectivity index (χ0n) is 22.6. The molecule has 0 bridgehead atoms. The molecular weight excluding hydrogens is 526 g/mol. The zero-order chi connectivity index (χ0) is 29.1. The second kappa shape index (κ2) is 11.4. The van der Waals surface area contributed by atoms with Gasteiger partial charge in [-0.1, -0.05) is 60.7 Å². The highest BCUT2D eigenvalue weighted by Gasteiger charge is 2.18. The molecule has 0 saturated carbocycles. The lowest BCUT2D eigenvalue weighted by Crippen LogP contribution is -2.23. The van der Waals surface area contributed by atoms with Crippen LogP contribution in [0.15, 0.2) is 115 Å². The summed E-state index contributed by atoms with van der Waals surface area (Å²) >= 11 is 0. The number of carbonyl (C=O) groups is 2. The van der Waals surface area contributed by atoms with E-state index in [1.54, 1.807) is 30.5 Å². The monoisotopic (exact) mass is 553 g/mol. The topological polar surface area (TPSA) is 123 Å². The Hall–Kier alpha value is -5.76. The molecule has 0 unspecified atom stereocenters. The quantitative estimate of drug-likeness (QED) is 0.216. The van der Waals surface area contributed by atoms with Crippen LogP contribution in [0.25, 0.3) is 39.2 Å². The largest absolute Gasteiger partial charge is 0.481 e. The molecule has 42 heavy (non-hydrogen) atoms. The first-order chi connectivity index (χ1) is 20.5. The summed E-state index contributed by atoms with van der Waals surface area (Å²) < 4.78 is 2.07. The van der Waals surface area contributed by atoms with Crippen LogP contribution in [0.2, 0.25) is 0 Å². The second-order valence-electron chi connectivity index (χ2n) is 9.90. The molecule has 2 heterocycles. The van der Waals surface area contributed by atoms with E-state index in [-0.39, 0.29) is 12.3 Å². The Bertz CT molecular complexity index is 1910. The number of pyridine rings is 1. The summed E-state index contributed by atoms with van der Waals surface area (Å²) in [6.07, 6.45) is 1.52. The Balaban J connectivity index is 1.32. The zero-order valence-corrected chi connectivity index (χ0v) is 22.6. The molecule has 4 N–H and O–H groups in total. The van der Waals surface area contributed by atoms with Crippen molar-refractivity contribution >= 4 is 28.7 Å². The summed E-state index contributed by atoms with van der Waals surface area (Å²) in [5.41, 5.74) is 13.7. The predicted octanol–water partition coefficient (Wildman–Crippen LogP) is 5.89. The van der Waals surface area contributed by atoms with Gasteiger partial charge < -0.3 is 16.2 Å². The van der Waals surface area contributed by atoms with Gasteiger partial charge in [-0.25, -0.2) is 9.97 Å². The van der Waals surface area contributed by atoms with Gasteiger partial charge in [0.05, 0.1) is 23.0 Å². The van der Waals surface area contributed by atoms with E-state index in [2.05, 4.69) is 39.1 Å². The van der Waals surface area contributed by atoms with Gasteiger partial charge in [0.15, 0.2) is 0 Å². The van der Waals surface area contributed by atoms with Crippen LogP contribution in [0, 0.1) is 0 Å². The fraction of sp³-hybridized carbons (Fsp3) is 0.0588. The molecule has 0 atom stereocenters. The van der Waals surface area contributed by atoms with E-state index >= 15 is 0 Å². The van der Waals surface area contributed by atoms with Crippen molar-refractivity contribution in [2.75, 3.05) is 5.73 Å². The normalized spacial score (nSPS) is 11.0. The summed E-state index contributed by atoms with van der Waals surface area (Å²) in [5, 5.41) is 12.0. The van der Waals surface area contributed by atoms with Gasteiger partial charge >= 0.3 is 5.97 Å². The maximum atomic E-state index is 12.7. The van der Waals surface area contributed by atoms with E-state index in [4.69, 9.17) is 15.8 Å². The fourth-order valence-corrected chi connectivity index (χ4v) is 4.98. The average molecular weight is 554 g/mol. The minimum absolute atomic E-state index is 0.134. The highest BCUT2D eigenvalue weighted by Crippen LogP contribution is 2.33. The van der Waals surface area contributed by atoms with Gasteiger partial charge in [-0.05, 0) is 70.8 Å². The van der Waals surface area contributed by atoms with Gasteiger partial charge in [0, 0.05) is 24.0 Å². The van der Waals surface area contributed by atoms with Gasteiger partial charge in [0.25, 0.3) is 5.91 Å². The number of fused-ring (bicyclic) bond motifs is 1. The van der Waals surface area contributed by atoms with Crippen molar-refractivity contribution in [2.45, 2.75) is 13.0 Å². The molecule has 0 aliphatic heterocycles. The summed E-state index contributed by atoms with van der Waals surface area (Å²) in [6, 6.07) is 34.7. The Morgan fingerprint density at radius 1 is 0.810 bits per heavy atom. The highest BCUT2D eigenvalue weighted by molar-refractivity contribution is 5.94. The first kappa shape index (κ1) is 26.5. The lowest BCUT2D eigenvalue weighted by atomic mass is 10.1. The fourth-order valence-electron chi connectivity index (χ4n) is 4.98. The molecule has 2 aromatic heterocycles. The van der Waals surface area contributed by atoms with Crippen LogP contribution >= 0.6 is 0 Å². The lowest BCUT2D eigenvalue weighted by molar-refractivity contribution is -0.136. The second-order valence-corrected chi connectivity index (χ2v) is 9.90. The summed E-state index contributed by atoms with van der Waals surface area (Å²) in [6.45, 7) is 0.313. The molecule has 8 heteroatoms. The minimum Gasteiger partial charge on any atom is -0.481 e. The molecule has 4 aromatic carbocycles. The number of rotatable bonds is 8. The third kappa shape index (κ3) is 5.46. The number of nitrogens with one attached hydrogen (secondary N) is 1. The van der Waals surface area contributed by atoms with Crippen molar-refractivity contribution in [3.8, 4) is 28.2 Å². The van der Waals surface area contributed by atoms with Gasteiger partial charge in [0.1, 0.15) is 11.6 Å². The molecule has 0 aliphatic carbocycles. The Kier molecular flexibility index (Phi) is 7.17. The number of hydrogen-bond acceptors (Lipinski definition) is 5. The molecule has 6 rings (SSSR count). The van der Waals surface area contributed by atoms with Gasteiger partial charge in [-0.15, -0.1) is 0 Å². The summed E-state index contributed by atoms with van der Waals surface area (Å²) in [7, 11) is 0. The molecule has 0 spiro atoms. The van der Waals surface area contributed by atoms with Crippen molar-refractivity contribution in [1.82, 2.24) is 19.9 Å². The highest BCUT2D eigenvalue weighted by atomic mass is 16.4. The molecular formula is C34H27N5O3. The van der Waals surface area contributed by atoms with Gasteiger partial charge in [0.2, 0.25) is 0 Å². The summed E-state index contributed by atoms with van der Waals surface area (Å²) in [4.78, 5) is 33.0. The maximum Gasteiger partial charge on any atom is 0.307 e. The number of aromatic nitrogens is 3. The van der Waals surface area contributed by atoms with Crippen molar-refractivity contribution in [3.05, 3.63) is 132 Å². The number of nitrogen functional groups attached to an aromatic ring is 1. The summed E-state index contributed by atoms with van der Waals surface area (Å²) in [5.74, 6) is -0.133. The van der Waals surface area contributed by atoms with Crippen molar-refractivity contribution in [1.29, 1.82) is 0 Å². The molecule has 6 aromatic rings.